The summed E-state index contributed by atoms with van der Waals surface area (Å²) in [4.78, 5) is 15.7. The third-order valence-corrected chi connectivity index (χ3v) is 3.60. The first kappa shape index (κ1) is 19.9. The molecule has 3 rings (SSSR count). The smallest absolute Gasteiger partial charge is 0.319 e. The molecule has 2 heterocycles. The fourth-order valence-electron chi connectivity index (χ4n) is 2.23. The van der Waals surface area contributed by atoms with Crippen molar-refractivity contribution in [2.45, 2.75) is 0 Å². The Morgan fingerprint density at radius 1 is 0.931 bits per heavy atom. The fraction of sp³-hybridized carbons (Fsp3) is 0.111. The van der Waals surface area contributed by atoms with Crippen molar-refractivity contribution in [2.75, 3.05) is 29.0 Å². The minimum Gasteiger partial charge on any atom is -0.367 e. The van der Waals surface area contributed by atoms with Crippen LogP contribution in [0.1, 0.15) is 0 Å². The lowest BCUT2D eigenvalue weighted by Gasteiger charge is -2.10. The number of nitrogens with one attached hydrogen (secondary N) is 4. The van der Waals surface area contributed by atoms with E-state index in [1.54, 1.807) is 30.6 Å². The number of hydrogen-bond acceptors (Lipinski definition) is 6. The van der Waals surface area contributed by atoms with Crippen LogP contribution in [0.2, 0.25) is 0 Å². The molecule has 0 fully saturated rings. The summed E-state index contributed by atoms with van der Waals surface area (Å²) in [6.45, 7) is 0.465. The number of nitrogens with zero attached hydrogens (tertiary/aromatic N) is 3. The summed E-state index contributed by atoms with van der Waals surface area (Å²) in [5.41, 5.74) is 0.312. The van der Waals surface area contributed by atoms with Gasteiger partial charge in [0, 0.05) is 19.3 Å². The summed E-state index contributed by atoms with van der Waals surface area (Å²) in [5.74, 6) is -3.43. The average molecular weight is 403 g/mol. The van der Waals surface area contributed by atoms with Gasteiger partial charge in [-0.25, -0.2) is 18.0 Å². The summed E-state index contributed by atoms with van der Waals surface area (Å²) >= 11 is 0. The molecule has 150 valence electrons. The molecule has 0 aliphatic heterocycles. The van der Waals surface area contributed by atoms with Gasteiger partial charge in [0.25, 0.3) is 0 Å². The Hall–Kier alpha value is -3.89. The third-order valence-electron chi connectivity index (χ3n) is 3.60. The predicted molar refractivity (Wildman–Crippen MR) is 101 cm³/mol. The molecule has 3 aromatic rings. The topological polar surface area (TPSA) is 104 Å². The molecule has 0 unspecified atom stereocenters. The molecule has 29 heavy (non-hydrogen) atoms. The highest BCUT2D eigenvalue weighted by Gasteiger charge is 2.14. The van der Waals surface area contributed by atoms with Crippen molar-refractivity contribution in [2.24, 2.45) is 0 Å². The number of hydrogen-bond donors (Lipinski definition) is 4. The molecule has 0 aliphatic carbocycles. The van der Waals surface area contributed by atoms with E-state index in [2.05, 4.69) is 36.4 Å². The van der Waals surface area contributed by atoms with Crippen molar-refractivity contribution in [3.05, 3.63) is 66.2 Å². The number of anilines is 4. The van der Waals surface area contributed by atoms with Crippen LogP contribution < -0.4 is 21.3 Å². The van der Waals surface area contributed by atoms with Crippen LogP contribution in [0.5, 0.6) is 0 Å². The van der Waals surface area contributed by atoms with Crippen LogP contribution in [0.3, 0.4) is 0 Å². The van der Waals surface area contributed by atoms with Crippen LogP contribution in [0.15, 0.2) is 48.8 Å². The number of rotatable bonds is 7. The van der Waals surface area contributed by atoms with E-state index in [1.807, 2.05) is 6.07 Å². The van der Waals surface area contributed by atoms with Crippen molar-refractivity contribution in [3.63, 3.8) is 0 Å². The normalized spacial score (nSPS) is 10.3. The number of urea groups is 1. The largest absolute Gasteiger partial charge is 0.367 e. The van der Waals surface area contributed by atoms with Gasteiger partial charge in [0.2, 0.25) is 0 Å². The molecular formula is C18H16F3N7O. The number of aromatic nitrogens is 3. The lowest BCUT2D eigenvalue weighted by Crippen LogP contribution is -2.33. The van der Waals surface area contributed by atoms with Gasteiger partial charge in [0.1, 0.15) is 5.82 Å². The summed E-state index contributed by atoms with van der Waals surface area (Å²) in [7, 11) is 0. The van der Waals surface area contributed by atoms with Crippen molar-refractivity contribution < 1.29 is 18.0 Å². The first-order chi connectivity index (χ1) is 14.0. The average Bonchev–Trinajstić information content (AvgIpc) is 2.73. The zero-order chi connectivity index (χ0) is 20.6. The second-order valence-electron chi connectivity index (χ2n) is 5.70. The number of pyridine rings is 1. The quantitative estimate of drug-likeness (QED) is 0.357. The Kier molecular flexibility index (Phi) is 6.40. The molecule has 0 bridgehead atoms. The zero-order valence-corrected chi connectivity index (χ0v) is 14.9. The van der Waals surface area contributed by atoms with Crippen LogP contribution >= 0.6 is 0 Å². The Balaban J connectivity index is 1.41. The van der Waals surface area contributed by atoms with Crippen molar-refractivity contribution in [3.8, 4) is 0 Å². The van der Waals surface area contributed by atoms with Gasteiger partial charge < -0.3 is 21.3 Å². The van der Waals surface area contributed by atoms with Crippen LogP contribution in [0.25, 0.3) is 0 Å². The van der Waals surface area contributed by atoms with E-state index < -0.39 is 29.2 Å². The minimum absolute atomic E-state index is 0.161. The van der Waals surface area contributed by atoms with E-state index in [1.165, 1.54) is 0 Å². The molecule has 0 aliphatic rings. The van der Waals surface area contributed by atoms with Gasteiger partial charge in [-0.2, -0.15) is 0 Å². The number of amides is 2. The molecule has 11 heteroatoms. The van der Waals surface area contributed by atoms with Crippen LogP contribution in [0, 0.1) is 17.5 Å². The number of carbonyl (C=O) groups excluding carboxylic acids is 1. The summed E-state index contributed by atoms with van der Waals surface area (Å²) in [6.07, 6.45) is 3.31. The fourth-order valence-corrected chi connectivity index (χ4v) is 2.23. The number of benzene rings is 1. The van der Waals surface area contributed by atoms with E-state index in [4.69, 9.17) is 0 Å². The van der Waals surface area contributed by atoms with Crippen molar-refractivity contribution >= 4 is 29.0 Å². The SMILES string of the molecule is O=C(NCCNc1ccc(Nc2cccnc2)nn1)Nc1ccc(F)c(F)c1F. The van der Waals surface area contributed by atoms with Gasteiger partial charge in [-0.1, -0.05) is 0 Å². The monoisotopic (exact) mass is 403 g/mol. The Morgan fingerprint density at radius 3 is 2.45 bits per heavy atom. The number of carbonyl (C=O) groups is 1. The van der Waals surface area contributed by atoms with Gasteiger partial charge >= 0.3 is 6.03 Å². The summed E-state index contributed by atoms with van der Waals surface area (Å²) < 4.78 is 39.5. The van der Waals surface area contributed by atoms with Crippen LogP contribution in [-0.4, -0.2) is 34.3 Å². The minimum atomic E-state index is -1.65. The third kappa shape index (κ3) is 5.54. The predicted octanol–water partition coefficient (Wildman–Crippen LogP) is 3.27. The first-order valence-corrected chi connectivity index (χ1v) is 8.46. The van der Waals surface area contributed by atoms with Gasteiger partial charge in [-0.3, -0.25) is 4.98 Å². The maximum Gasteiger partial charge on any atom is 0.319 e. The Bertz CT molecular complexity index is 971. The van der Waals surface area contributed by atoms with Gasteiger partial charge in [0.15, 0.2) is 23.3 Å². The molecule has 8 nitrogen and oxygen atoms in total. The Labute approximate surface area is 163 Å². The second kappa shape index (κ2) is 9.35. The van der Waals surface area contributed by atoms with Crippen molar-refractivity contribution in [1.29, 1.82) is 0 Å². The highest BCUT2D eigenvalue weighted by molar-refractivity contribution is 5.89. The van der Waals surface area contributed by atoms with E-state index in [0.717, 1.165) is 17.8 Å². The Morgan fingerprint density at radius 2 is 1.72 bits per heavy atom. The van der Waals surface area contributed by atoms with Crippen LogP contribution in [-0.2, 0) is 0 Å². The van der Waals surface area contributed by atoms with E-state index in [-0.39, 0.29) is 6.54 Å². The highest BCUT2D eigenvalue weighted by atomic mass is 19.2. The molecular weight excluding hydrogens is 387 g/mol. The van der Waals surface area contributed by atoms with E-state index in [0.29, 0.717) is 18.2 Å². The molecule has 2 aromatic heterocycles. The lowest BCUT2D eigenvalue weighted by atomic mass is 10.3. The second-order valence-corrected chi connectivity index (χ2v) is 5.70. The maximum atomic E-state index is 13.5. The standard InChI is InChI=1S/C18H16F3N7O/c19-12-3-4-13(17(21)16(12)20)26-18(29)24-9-8-23-14-5-6-15(28-27-14)25-11-2-1-7-22-10-11/h1-7,10H,8-9H2,(H,23,27)(H,25,28)(H2,24,26,29). The molecule has 0 atom stereocenters. The molecule has 1 aromatic carbocycles. The molecule has 0 radical (unpaired) electrons. The lowest BCUT2D eigenvalue weighted by molar-refractivity contribution is 0.252. The van der Waals surface area contributed by atoms with Crippen LogP contribution in [0.4, 0.5) is 41.0 Å². The van der Waals surface area contributed by atoms with Gasteiger partial charge in [0.05, 0.1) is 17.6 Å². The van der Waals surface area contributed by atoms with E-state index in [9.17, 15) is 18.0 Å². The molecule has 0 saturated carbocycles. The van der Waals surface area contributed by atoms with Gasteiger partial charge in [-0.05, 0) is 36.4 Å². The molecule has 2 amide bonds. The van der Waals surface area contributed by atoms with E-state index >= 15 is 0 Å². The van der Waals surface area contributed by atoms with Gasteiger partial charge in [-0.15, -0.1) is 10.2 Å². The molecule has 4 N–H and O–H groups in total. The summed E-state index contributed by atoms with van der Waals surface area (Å²) in [5, 5.41) is 18.5. The molecule has 0 saturated heterocycles. The molecule has 0 spiro atoms. The zero-order valence-electron chi connectivity index (χ0n) is 14.9. The number of halogens is 3. The maximum absolute atomic E-state index is 13.5. The first-order valence-electron chi connectivity index (χ1n) is 8.46. The highest BCUT2D eigenvalue weighted by Crippen LogP contribution is 2.19. The van der Waals surface area contributed by atoms with Crippen molar-refractivity contribution in [1.82, 2.24) is 20.5 Å². The summed E-state index contributed by atoms with van der Waals surface area (Å²) in [6, 6.07) is 7.93.